The lowest BCUT2D eigenvalue weighted by Gasteiger charge is -2.28. The van der Waals surface area contributed by atoms with Gasteiger partial charge in [-0.1, -0.05) is 32.0 Å². The molecule has 1 heterocycles. The molecule has 29 heavy (non-hydrogen) atoms. The molecule has 0 amide bonds. The molecule has 8 heteroatoms. The number of carbonyl (C=O) groups is 2. The zero-order valence-electron chi connectivity index (χ0n) is 16.1. The van der Waals surface area contributed by atoms with Crippen molar-refractivity contribution in [2.75, 3.05) is 13.7 Å². The van der Waals surface area contributed by atoms with Gasteiger partial charge in [0, 0.05) is 0 Å². The van der Waals surface area contributed by atoms with E-state index in [1.165, 1.54) is 6.07 Å². The van der Waals surface area contributed by atoms with Crippen LogP contribution in [0.5, 0.6) is 0 Å². The quantitative estimate of drug-likeness (QED) is 0.756. The molecule has 0 spiro atoms. The highest BCUT2D eigenvalue weighted by atomic mass is 16.5. The number of esters is 2. The number of carbonyl (C=O) groups excluding carboxylic acids is 2. The van der Waals surface area contributed by atoms with Gasteiger partial charge >= 0.3 is 11.9 Å². The molecule has 8 nitrogen and oxygen atoms in total. The number of hydrogen-bond acceptors (Lipinski definition) is 8. The van der Waals surface area contributed by atoms with Crippen molar-refractivity contribution in [1.82, 2.24) is 5.32 Å². The smallest absolute Gasteiger partial charge is 0.337 e. The highest BCUT2D eigenvalue weighted by Gasteiger charge is 2.41. The Morgan fingerprint density at radius 3 is 2.14 bits per heavy atom. The van der Waals surface area contributed by atoms with Gasteiger partial charge in [-0.2, -0.15) is 15.8 Å². The maximum atomic E-state index is 12.9. The van der Waals surface area contributed by atoms with Gasteiger partial charge in [0.1, 0.15) is 23.5 Å². The Balaban J connectivity index is 2.80. The van der Waals surface area contributed by atoms with Crippen molar-refractivity contribution in [3.05, 3.63) is 57.9 Å². The second-order valence-electron chi connectivity index (χ2n) is 6.54. The fraction of sp³-hybridized carbons (Fsp3) is 0.286. The molecule has 0 radical (unpaired) electrons. The summed E-state index contributed by atoms with van der Waals surface area (Å²) >= 11 is 0. The number of ether oxygens (including phenoxy) is 2. The van der Waals surface area contributed by atoms with E-state index in [2.05, 4.69) is 5.32 Å². The van der Waals surface area contributed by atoms with E-state index in [0.29, 0.717) is 0 Å². The average molecular weight is 390 g/mol. The van der Waals surface area contributed by atoms with Crippen LogP contribution < -0.4 is 5.32 Å². The van der Waals surface area contributed by atoms with Gasteiger partial charge in [0.2, 0.25) is 0 Å². The van der Waals surface area contributed by atoms with E-state index in [1.54, 1.807) is 18.2 Å². The fourth-order valence-corrected chi connectivity index (χ4v) is 2.90. The number of nitrogens with one attached hydrogen (secondary N) is 1. The van der Waals surface area contributed by atoms with Crippen molar-refractivity contribution in [1.29, 1.82) is 15.8 Å². The van der Waals surface area contributed by atoms with Gasteiger partial charge in [-0.3, -0.25) is 0 Å². The third-order valence-corrected chi connectivity index (χ3v) is 4.15. The number of nitriles is 3. The van der Waals surface area contributed by atoms with Gasteiger partial charge in [-0.25, -0.2) is 9.59 Å². The maximum Gasteiger partial charge on any atom is 0.337 e. The van der Waals surface area contributed by atoms with Crippen LogP contribution in [-0.4, -0.2) is 25.7 Å². The minimum Gasteiger partial charge on any atom is -0.466 e. The van der Waals surface area contributed by atoms with Gasteiger partial charge in [-0.15, -0.1) is 0 Å². The van der Waals surface area contributed by atoms with Crippen LogP contribution in [0.15, 0.2) is 46.8 Å². The normalized spacial score (nSPS) is 15.7. The summed E-state index contributed by atoms with van der Waals surface area (Å²) < 4.78 is 10.1. The van der Waals surface area contributed by atoms with Crippen molar-refractivity contribution in [2.45, 2.75) is 19.8 Å². The van der Waals surface area contributed by atoms with E-state index in [9.17, 15) is 25.4 Å². The van der Waals surface area contributed by atoms with Crippen LogP contribution in [-0.2, 0) is 19.1 Å². The molecule has 1 atom stereocenters. The summed E-state index contributed by atoms with van der Waals surface area (Å²) in [7, 11) is 1.14. The highest BCUT2D eigenvalue weighted by Crippen LogP contribution is 2.40. The first kappa shape index (κ1) is 21.2. The summed E-state index contributed by atoms with van der Waals surface area (Å²) in [5.41, 5.74) is -0.311. The van der Waals surface area contributed by atoms with Crippen molar-refractivity contribution in [3.63, 3.8) is 0 Å². The predicted molar refractivity (Wildman–Crippen MR) is 100 cm³/mol. The lowest BCUT2D eigenvalue weighted by atomic mass is 9.78. The SMILES string of the molecule is COC(=O)C1=C(C#N)NC(C#N)=C(C(=O)OCC(C)C)C1c1ccccc1C#N. The number of nitrogens with zero attached hydrogens (tertiary/aromatic N) is 3. The molecule has 1 unspecified atom stereocenters. The average Bonchev–Trinajstić information content (AvgIpc) is 2.75. The van der Waals surface area contributed by atoms with E-state index in [0.717, 1.165) is 7.11 Å². The minimum absolute atomic E-state index is 0.0387. The van der Waals surface area contributed by atoms with Crippen LogP contribution >= 0.6 is 0 Å². The molecule has 0 aliphatic carbocycles. The van der Waals surface area contributed by atoms with Crippen molar-refractivity contribution in [2.24, 2.45) is 5.92 Å². The molecule has 0 aromatic heterocycles. The minimum atomic E-state index is -1.18. The molecule has 0 saturated carbocycles. The Bertz CT molecular complexity index is 1030. The first-order chi connectivity index (χ1) is 13.9. The van der Waals surface area contributed by atoms with Crippen LogP contribution in [0.1, 0.15) is 30.9 Å². The van der Waals surface area contributed by atoms with E-state index < -0.39 is 17.9 Å². The molecule has 1 aliphatic rings. The molecule has 2 rings (SSSR count). The Kier molecular flexibility index (Phi) is 6.74. The lowest BCUT2D eigenvalue weighted by Crippen LogP contribution is -2.33. The van der Waals surface area contributed by atoms with Crippen LogP contribution in [0.3, 0.4) is 0 Å². The molecule has 0 saturated heterocycles. The molecule has 1 N–H and O–H groups in total. The molecule has 1 aromatic rings. The monoisotopic (exact) mass is 390 g/mol. The molecular formula is C21H18N4O4. The zero-order chi connectivity index (χ0) is 21.6. The second kappa shape index (κ2) is 9.21. The number of benzene rings is 1. The van der Waals surface area contributed by atoms with Crippen LogP contribution in [0.2, 0.25) is 0 Å². The van der Waals surface area contributed by atoms with Gasteiger partial charge in [0.15, 0.2) is 0 Å². The summed E-state index contributed by atoms with van der Waals surface area (Å²) in [6, 6.07) is 12.0. The van der Waals surface area contributed by atoms with Crippen molar-refractivity contribution >= 4 is 11.9 Å². The van der Waals surface area contributed by atoms with Crippen LogP contribution in [0.25, 0.3) is 0 Å². The summed E-state index contributed by atoms with van der Waals surface area (Å²) in [4.78, 5) is 25.4. The first-order valence-electron chi connectivity index (χ1n) is 8.69. The zero-order valence-corrected chi connectivity index (χ0v) is 16.1. The molecular weight excluding hydrogens is 372 g/mol. The Morgan fingerprint density at radius 2 is 1.62 bits per heavy atom. The van der Waals surface area contributed by atoms with Gasteiger partial charge < -0.3 is 14.8 Å². The summed E-state index contributed by atoms with van der Waals surface area (Å²) in [6.45, 7) is 3.79. The van der Waals surface area contributed by atoms with Crippen LogP contribution in [0, 0.1) is 39.9 Å². The second-order valence-corrected chi connectivity index (χ2v) is 6.54. The van der Waals surface area contributed by atoms with Crippen LogP contribution in [0.4, 0.5) is 0 Å². The molecule has 146 valence electrons. The highest BCUT2D eigenvalue weighted by molar-refractivity contribution is 6.01. The fourth-order valence-electron chi connectivity index (χ4n) is 2.90. The van der Waals surface area contributed by atoms with Gasteiger partial charge in [0.05, 0.1) is 42.4 Å². The van der Waals surface area contributed by atoms with E-state index in [-0.39, 0.29) is 46.2 Å². The standard InChI is InChI=1S/C21H18N4O4/c1-12(2)11-29-21(27)19-16(10-24)25-15(9-23)18(20(26)28-3)17(19)14-7-5-4-6-13(14)8-22/h4-7,12,17,25H,11H2,1-3H3. The molecule has 0 fully saturated rings. The van der Waals surface area contributed by atoms with Crippen molar-refractivity contribution in [3.8, 4) is 18.2 Å². The third kappa shape index (κ3) is 4.26. The Hall–Kier alpha value is -4.09. The lowest BCUT2D eigenvalue weighted by molar-refractivity contribution is -0.140. The molecule has 1 aliphatic heterocycles. The Morgan fingerprint density at radius 1 is 1.03 bits per heavy atom. The molecule has 1 aromatic carbocycles. The number of dihydropyridines is 1. The third-order valence-electron chi connectivity index (χ3n) is 4.15. The Labute approximate surface area is 168 Å². The number of hydrogen-bond donors (Lipinski definition) is 1. The number of methoxy groups -OCH3 is 1. The topological polar surface area (TPSA) is 136 Å². The summed E-state index contributed by atoms with van der Waals surface area (Å²) in [5, 5.41) is 31.1. The van der Waals surface area contributed by atoms with E-state index >= 15 is 0 Å². The summed E-state index contributed by atoms with van der Waals surface area (Å²) in [5.74, 6) is -2.82. The maximum absolute atomic E-state index is 12.9. The van der Waals surface area contributed by atoms with Crippen molar-refractivity contribution < 1.29 is 19.1 Å². The first-order valence-corrected chi connectivity index (χ1v) is 8.69. The van der Waals surface area contributed by atoms with Gasteiger partial charge in [0.25, 0.3) is 0 Å². The summed E-state index contributed by atoms with van der Waals surface area (Å²) in [6.07, 6.45) is 0. The number of rotatable bonds is 5. The van der Waals surface area contributed by atoms with Gasteiger partial charge in [-0.05, 0) is 17.5 Å². The predicted octanol–water partition coefficient (Wildman–Crippen LogP) is 2.17. The van der Waals surface area contributed by atoms with E-state index in [4.69, 9.17) is 9.47 Å². The largest absolute Gasteiger partial charge is 0.466 e. The van der Waals surface area contributed by atoms with E-state index in [1.807, 2.05) is 32.1 Å². The number of allylic oxidation sites excluding steroid dienone is 2. The molecule has 0 bridgehead atoms.